The van der Waals surface area contributed by atoms with Gasteiger partial charge in [0.15, 0.2) is 0 Å². The van der Waals surface area contributed by atoms with E-state index in [2.05, 4.69) is 10.3 Å². The summed E-state index contributed by atoms with van der Waals surface area (Å²) in [5, 5.41) is 13.1. The first-order valence-electron chi connectivity index (χ1n) is 5.45. The summed E-state index contributed by atoms with van der Waals surface area (Å²) in [5.74, 6) is -1.60. The predicted octanol–water partition coefficient (Wildman–Crippen LogP) is 3.69. The molecule has 0 fully saturated rings. The second kappa shape index (κ2) is 6.02. The van der Waals surface area contributed by atoms with Gasteiger partial charge < -0.3 is 5.32 Å². The summed E-state index contributed by atoms with van der Waals surface area (Å²) in [7, 11) is 0. The van der Waals surface area contributed by atoms with Crippen molar-refractivity contribution < 1.29 is 14.1 Å². The highest BCUT2D eigenvalue weighted by Crippen LogP contribution is 2.22. The Morgan fingerprint density at radius 1 is 1.24 bits per heavy atom. The van der Waals surface area contributed by atoms with Gasteiger partial charge in [0.1, 0.15) is 10.3 Å². The van der Waals surface area contributed by atoms with Crippen LogP contribution in [-0.2, 0) is 0 Å². The molecule has 0 aliphatic heterocycles. The molecule has 6 nitrogen and oxygen atoms in total. The number of pyridine rings is 1. The molecule has 9 heteroatoms. The lowest BCUT2D eigenvalue weighted by atomic mass is 10.2. The molecule has 0 saturated heterocycles. The highest BCUT2D eigenvalue weighted by atomic mass is 35.5. The Balaban J connectivity index is 2.27. The third-order valence-corrected chi connectivity index (χ3v) is 2.81. The quantitative estimate of drug-likeness (QED) is 0.528. The van der Waals surface area contributed by atoms with Crippen molar-refractivity contribution in [1.29, 1.82) is 0 Å². The van der Waals surface area contributed by atoms with Crippen LogP contribution in [0, 0.1) is 15.9 Å². The van der Waals surface area contributed by atoms with Crippen LogP contribution < -0.4 is 5.32 Å². The fraction of sp³-hybridized carbons (Fsp3) is 0. The van der Waals surface area contributed by atoms with Crippen molar-refractivity contribution in [2.45, 2.75) is 0 Å². The summed E-state index contributed by atoms with van der Waals surface area (Å²) in [6, 6.07) is 5.56. The van der Waals surface area contributed by atoms with Crippen LogP contribution in [0.25, 0.3) is 0 Å². The van der Waals surface area contributed by atoms with E-state index in [-0.39, 0.29) is 21.6 Å². The second-order valence-corrected chi connectivity index (χ2v) is 4.65. The summed E-state index contributed by atoms with van der Waals surface area (Å²) >= 11 is 11.3. The summed E-state index contributed by atoms with van der Waals surface area (Å²) in [6.07, 6.45) is 0. The van der Waals surface area contributed by atoms with Gasteiger partial charge in [0.2, 0.25) is 5.82 Å². The molecule has 1 heterocycles. The van der Waals surface area contributed by atoms with Gasteiger partial charge in [0.05, 0.1) is 4.92 Å². The maximum Gasteiger partial charge on any atom is 0.306 e. The number of amides is 1. The Hall–Kier alpha value is -2.25. The first-order chi connectivity index (χ1) is 9.86. The van der Waals surface area contributed by atoms with E-state index in [1.54, 1.807) is 0 Å². The van der Waals surface area contributed by atoms with Crippen molar-refractivity contribution >= 4 is 40.5 Å². The number of aromatic nitrogens is 1. The van der Waals surface area contributed by atoms with Gasteiger partial charge >= 0.3 is 5.69 Å². The minimum Gasteiger partial charge on any atom is -0.322 e. The van der Waals surface area contributed by atoms with Gasteiger partial charge in [0, 0.05) is 17.3 Å². The van der Waals surface area contributed by atoms with E-state index in [4.69, 9.17) is 23.2 Å². The number of hydrogen-bond acceptors (Lipinski definition) is 4. The lowest BCUT2D eigenvalue weighted by Gasteiger charge is -2.06. The van der Waals surface area contributed by atoms with Crippen LogP contribution in [0.5, 0.6) is 0 Å². The number of anilines is 1. The normalized spacial score (nSPS) is 10.2. The molecular weight excluding hydrogens is 324 g/mol. The number of nitro benzene ring substituents is 1. The van der Waals surface area contributed by atoms with E-state index < -0.39 is 22.3 Å². The maximum absolute atomic E-state index is 13.2. The molecule has 0 aliphatic carbocycles. The molecule has 2 aromatic rings. The molecule has 108 valence electrons. The third kappa shape index (κ3) is 3.65. The standard InChI is InChI=1S/C12H6Cl2FN3O3/c13-10-3-6(4-11(14)17-10)12(19)16-7-1-2-8(15)9(5-7)18(20)21/h1-5H,(H,16,19). The van der Waals surface area contributed by atoms with E-state index >= 15 is 0 Å². The molecule has 0 unspecified atom stereocenters. The molecule has 1 aromatic heterocycles. The van der Waals surface area contributed by atoms with Crippen molar-refractivity contribution in [2.24, 2.45) is 0 Å². The van der Waals surface area contributed by atoms with Gasteiger partial charge in [-0.05, 0) is 24.3 Å². The molecule has 0 aliphatic rings. The fourth-order valence-electron chi connectivity index (χ4n) is 1.53. The monoisotopic (exact) mass is 329 g/mol. The SMILES string of the molecule is O=C(Nc1ccc(F)c([N+](=O)[O-])c1)c1cc(Cl)nc(Cl)c1. The van der Waals surface area contributed by atoms with Crippen LogP contribution in [0.4, 0.5) is 15.8 Å². The summed E-state index contributed by atoms with van der Waals surface area (Å²) in [6.45, 7) is 0. The lowest BCUT2D eigenvalue weighted by molar-refractivity contribution is -0.387. The maximum atomic E-state index is 13.2. The molecule has 1 N–H and O–H groups in total. The minimum atomic E-state index is -0.993. The average molecular weight is 330 g/mol. The Kier molecular flexibility index (Phi) is 4.35. The number of nitrogens with one attached hydrogen (secondary N) is 1. The molecule has 0 radical (unpaired) electrons. The van der Waals surface area contributed by atoms with Crippen LogP contribution in [0.15, 0.2) is 30.3 Å². The van der Waals surface area contributed by atoms with Crippen LogP contribution in [0.2, 0.25) is 10.3 Å². The lowest BCUT2D eigenvalue weighted by Crippen LogP contribution is -2.12. The Bertz CT molecular complexity index is 719. The minimum absolute atomic E-state index is 0.0257. The number of rotatable bonds is 3. The number of carbonyl (C=O) groups is 1. The van der Waals surface area contributed by atoms with Gasteiger partial charge in [0.25, 0.3) is 5.91 Å². The zero-order valence-corrected chi connectivity index (χ0v) is 11.7. The number of nitrogens with zero attached hydrogens (tertiary/aromatic N) is 2. The van der Waals surface area contributed by atoms with Crippen LogP contribution in [-0.4, -0.2) is 15.8 Å². The van der Waals surface area contributed by atoms with Gasteiger partial charge in [-0.1, -0.05) is 23.2 Å². The second-order valence-electron chi connectivity index (χ2n) is 3.88. The largest absolute Gasteiger partial charge is 0.322 e. The van der Waals surface area contributed by atoms with E-state index in [0.717, 1.165) is 12.1 Å². The summed E-state index contributed by atoms with van der Waals surface area (Å²) in [4.78, 5) is 25.4. The van der Waals surface area contributed by atoms with Gasteiger partial charge in [-0.2, -0.15) is 4.39 Å². The number of benzene rings is 1. The van der Waals surface area contributed by atoms with Crippen molar-refractivity contribution in [2.75, 3.05) is 5.32 Å². The Labute approximate surface area is 127 Å². The number of halogens is 3. The molecule has 0 saturated carbocycles. The van der Waals surface area contributed by atoms with Gasteiger partial charge in [-0.3, -0.25) is 14.9 Å². The third-order valence-electron chi connectivity index (χ3n) is 2.43. The molecule has 0 bridgehead atoms. The van der Waals surface area contributed by atoms with Crippen molar-refractivity contribution in [3.05, 3.63) is 62.1 Å². The highest BCUT2D eigenvalue weighted by Gasteiger charge is 2.16. The van der Waals surface area contributed by atoms with Gasteiger partial charge in [-0.25, -0.2) is 4.98 Å². The van der Waals surface area contributed by atoms with Gasteiger partial charge in [-0.15, -0.1) is 0 Å². The van der Waals surface area contributed by atoms with Crippen LogP contribution in [0.3, 0.4) is 0 Å². The van der Waals surface area contributed by atoms with Crippen LogP contribution >= 0.6 is 23.2 Å². The fourth-order valence-corrected chi connectivity index (χ4v) is 1.99. The molecule has 2 rings (SSSR count). The van der Waals surface area contributed by atoms with E-state index in [0.29, 0.717) is 0 Å². The Morgan fingerprint density at radius 2 is 1.86 bits per heavy atom. The van der Waals surface area contributed by atoms with Crippen LogP contribution in [0.1, 0.15) is 10.4 Å². The predicted molar refractivity (Wildman–Crippen MR) is 75.3 cm³/mol. The summed E-state index contributed by atoms with van der Waals surface area (Å²) in [5.41, 5.74) is -0.553. The summed E-state index contributed by atoms with van der Waals surface area (Å²) < 4.78 is 13.2. The highest BCUT2D eigenvalue weighted by molar-refractivity contribution is 6.33. The first-order valence-corrected chi connectivity index (χ1v) is 6.21. The molecule has 1 amide bonds. The topological polar surface area (TPSA) is 85.1 Å². The van der Waals surface area contributed by atoms with Crippen molar-refractivity contribution in [3.63, 3.8) is 0 Å². The zero-order chi connectivity index (χ0) is 15.6. The van der Waals surface area contributed by atoms with Crippen molar-refractivity contribution in [1.82, 2.24) is 4.98 Å². The van der Waals surface area contributed by atoms with E-state index in [9.17, 15) is 19.3 Å². The average Bonchev–Trinajstić information content (AvgIpc) is 2.39. The zero-order valence-electron chi connectivity index (χ0n) is 10.1. The van der Waals surface area contributed by atoms with E-state index in [1.165, 1.54) is 18.2 Å². The number of carbonyl (C=O) groups excluding carboxylic acids is 1. The van der Waals surface area contributed by atoms with Crippen molar-refractivity contribution in [3.8, 4) is 0 Å². The smallest absolute Gasteiger partial charge is 0.306 e. The first kappa shape index (κ1) is 15.1. The molecule has 0 spiro atoms. The molecular formula is C12H6Cl2FN3O3. The van der Waals surface area contributed by atoms with E-state index in [1.807, 2.05) is 0 Å². The molecule has 0 atom stereocenters. The molecule has 21 heavy (non-hydrogen) atoms. The Morgan fingerprint density at radius 3 is 2.43 bits per heavy atom. The molecule has 1 aromatic carbocycles. The number of hydrogen-bond donors (Lipinski definition) is 1. The number of nitro groups is 1.